The van der Waals surface area contributed by atoms with Gasteiger partial charge in [-0.05, 0) is 105 Å². The highest BCUT2D eigenvalue weighted by molar-refractivity contribution is 7.92. The van der Waals surface area contributed by atoms with E-state index in [0.29, 0.717) is 82.8 Å². The van der Waals surface area contributed by atoms with E-state index in [-0.39, 0.29) is 46.9 Å². The number of amides is 1. The molecule has 2 aromatic rings. The number of hydrogen-bond acceptors (Lipinski definition) is 10. The summed E-state index contributed by atoms with van der Waals surface area (Å²) in [6.45, 7) is 3.78. The van der Waals surface area contributed by atoms with Gasteiger partial charge in [-0.1, -0.05) is 0 Å². The van der Waals surface area contributed by atoms with Crippen molar-refractivity contribution in [2.24, 2.45) is 23.7 Å². The standard InChI is InChI=1S/C38H47F2N5O7S/c1-36(39,40)32-29(33(46)43-38(34(47)48)24-13-22-12-23(15-24)16-25(38)14-22)18-41-35(42-32)45-21-37(6-10-51-11-7-37)30-17-28(2-3-31(30)45)52-27-4-8-44(9-5-27)26-19-53(49,50)20-26/h2-3,17-18,22-27H,4-16,19-21H2,1H3,(H,43,46)(H,47,48). The summed E-state index contributed by atoms with van der Waals surface area (Å²) in [7, 11) is -2.89. The summed E-state index contributed by atoms with van der Waals surface area (Å²) >= 11 is 0. The number of rotatable bonds is 8. The second-order valence-electron chi connectivity index (χ2n) is 17.0. The van der Waals surface area contributed by atoms with E-state index < -0.39 is 44.4 Å². The maximum absolute atomic E-state index is 15.4. The van der Waals surface area contributed by atoms with Gasteiger partial charge in [-0.3, -0.25) is 9.69 Å². The van der Waals surface area contributed by atoms with Crippen molar-refractivity contribution in [1.82, 2.24) is 20.2 Å². The van der Waals surface area contributed by atoms with E-state index in [9.17, 15) is 23.1 Å². The molecule has 1 spiro atoms. The normalized spacial score (nSPS) is 32.0. The van der Waals surface area contributed by atoms with E-state index >= 15 is 8.78 Å². The van der Waals surface area contributed by atoms with Gasteiger partial charge in [-0.2, -0.15) is 8.78 Å². The van der Waals surface area contributed by atoms with Gasteiger partial charge in [0.2, 0.25) is 5.95 Å². The molecule has 1 amide bonds. The van der Waals surface area contributed by atoms with E-state index in [2.05, 4.69) is 20.2 Å². The van der Waals surface area contributed by atoms with Crippen molar-refractivity contribution in [2.75, 3.05) is 49.3 Å². The molecule has 0 atom stereocenters. The second-order valence-corrected chi connectivity index (χ2v) is 19.1. The highest BCUT2D eigenvalue weighted by Gasteiger charge is 2.62. The van der Waals surface area contributed by atoms with Crippen LogP contribution >= 0.6 is 0 Å². The third kappa shape index (κ3) is 5.99. The Hall–Kier alpha value is -3.43. The lowest BCUT2D eigenvalue weighted by Gasteiger charge is -2.59. The lowest BCUT2D eigenvalue weighted by Crippen LogP contribution is -2.70. The Labute approximate surface area is 307 Å². The topological polar surface area (TPSA) is 151 Å². The number of nitrogens with zero attached hydrogens (tertiary/aromatic N) is 4. The van der Waals surface area contributed by atoms with Crippen LogP contribution in [0, 0.1) is 23.7 Å². The number of sulfone groups is 1. The summed E-state index contributed by atoms with van der Waals surface area (Å²) in [5, 5.41) is 13.3. The summed E-state index contributed by atoms with van der Waals surface area (Å²) in [4.78, 5) is 39.8. The number of piperidine rings is 1. The second kappa shape index (κ2) is 12.6. The lowest BCUT2D eigenvalue weighted by atomic mass is 9.48. The summed E-state index contributed by atoms with van der Waals surface area (Å²) < 4.78 is 66.5. The Morgan fingerprint density at radius 3 is 2.30 bits per heavy atom. The fraction of sp³-hybridized carbons (Fsp3) is 0.684. The third-order valence-corrected chi connectivity index (χ3v) is 15.5. The molecule has 2 N–H and O–H groups in total. The molecule has 0 radical (unpaired) electrons. The number of anilines is 2. The van der Waals surface area contributed by atoms with E-state index in [1.54, 1.807) is 0 Å². The molecule has 0 unspecified atom stereocenters. The average Bonchev–Trinajstić information content (AvgIpc) is 3.40. The zero-order valence-corrected chi connectivity index (χ0v) is 30.8. The van der Waals surface area contributed by atoms with Crippen LogP contribution < -0.4 is 15.0 Å². The van der Waals surface area contributed by atoms with Gasteiger partial charge in [0.15, 0.2) is 9.84 Å². The number of carbonyl (C=O) groups excluding carboxylic acids is 1. The number of ether oxygens (including phenoxy) is 2. The van der Waals surface area contributed by atoms with Gasteiger partial charge in [0.05, 0.1) is 17.1 Å². The Kier molecular flexibility index (Phi) is 8.36. The monoisotopic (exact) mass is 755 g/mol. The summed E-state index contributed by atoms with van der Waals surface area (Å²) in [6.07, 6.45) is 8.07. The van der Waals surface area contributed by atoms with E-state index in [4.69, 9.17) is 9.47 Å². The first-order valence-corrected chi connectivity index (χ1v) is 21.0. The summed E-state index contributed by atoms with van der Waals surface area (Å²) in [5.74, 6) is -3.84. The van der Waals surface area contributed by atoms with Gasteiger partial charge in [0.1, 0.15) is 23.1 Å². The Bertz CT molecular complexity index is 1890. The number of hydrogen-bond donors (Lipinski definition) is 2. The average molecular weight is 756 g/mol. The molecule has 1 aromatic heterocycles. The molecule has 10 rings (SSSR count). The Balaban J connectivity index is 0.979. The lowest BCUT2D eigenvalue weighted by molar-refractivity contribution is -0.163. The fourth-order valence-corrected chi connectivity index (χ4v) is 12.7. The largest absolute Gasteiger partial charge is 0.490 e. The van der Waals surface area contributed by atoms with Crippen LogP contribution in [-0.4, -0.2) is 102 Å². The van der Waals surface area contributed by atoms with Gasteiger partial charge in [0, 0.05) is 63.1 Å². The third-order valence-electron chi connectivity index (χ3n) is 13.7. The minimum Gasteiger partial charge on any atom is -0.490 e. The number of fused-ring (bicyclic) bond motifs is 2. The molecule has 4 aliphatic heterocycles. The maximum atomic E-state index is 15.4. The van der Waals surface area contributed by atoms with Gasteiger partial charge >= 0.3 is 5.97 Å². The number of likely N-dealkylation sites (tertiary alicyclic amines) is 1. The molecule has 286 valence electrons. The predicted octanol–water partition coefficient (Wildman–Crippen LogP) is 4.44. The number of carboxylic acid groups (broad SMARTS) is 1. The van der Waals surface area contributed by atoms with E-state index in [0.717, 1.165) is 49.8 Å². The minimum absolute atomic E-state index is 0.0142. The smallest absolute Gasteiger partial charge is 0.330 e. The van der Waals surface area contributed by atoms with Gasteiger partial charge < -0.3 is 24.8 Å². The molecular weight excluding hydrogens is 709 g/mol. The van der Waals surface area contributed by atoms with Crippen molar-refractivity contribution in [2.45, 2.75) is 93.7 Å². The molecule has 15 heteroatoms. The molecule has 7 fully saturated rings. The summed E-state index contributed by atoms with van der Waals surface area (Å²) in [5.41, 5.74) is -1.21. The number of alkyl halides is 2. The first kappa shape index (κ1) is 35.3. The first-order valence-electron chi connectivity index (χ1n) is 19.2. The van der Waals surface area contributed by atoms with Crippen molar-refractivity contribution in [3.05, 3.63) is 41.2 Å². The number of halogens is 2. The number of nitrogens with one attached hydrogen (secondary N) is 1. The molecule has 8 aliphatic rings. The van der Waals surface area contributed by atoms with Crippen LogP contribution in [0.3, 0.4) is 0 Å². The zero-order valence-electron chi connectivity index (χ0n) is 29.9. The number of aliphatic carboxylic acids is 1. The maximum Gasteiger partial charge on any atom is 0.330 e. The number of benzene rings is 1. The first-order chi connectivity index (χ1) is 25.2. The Morgan fingerprint density at radius 1 is 1.04 bits per heavy atom. The highest BCUT2D eigenvalue weighted by Crippen LogP contribution is 2.58. The van der Waals surface area contributed by atoms with Crippen molar-refractivity contribution in [3.63, 3.8) is 0 Å². The summed E-state index contributed by atoms with van der Waals surface area (Å²) in [6, 6.07) is 5.93. The van der Waals surface area contributed by atoms with Gasteiger partial charge in [-0.25, -0.2) is 23.2 Å². The minimum atomic E-state index is -3.51. The van der Waals surface area contributed by atoms with Gasteiger partial charge in [-0.15, -0.1) is 0 Å². The van der Waals surface area contributed by atoms with Crippen molar-refractivity contribution >= 4 is 33.3 Å². The molecule has 4 aliphatic carbocycles. The molecule has 53 heavy (non-hydrogen) atoms. The zero-order chi connectivity index (χ0) is 36.9. The molecule has 3 saturated heterocycles. The molecule has 1 aromatic carbocycles. The van der Waals surface area contributed by atoms with Crippen LogP contribution in [0.25, 0.3) is 0 Å². The molecule has 12 nitrogen and oxygen atoms in total. The molecule has 4 bridgehead atoms. The molecule has 5 heterocycles. The van der Waals surface area contributed by atoms with Crippen molar-refractivity contribution < 1.29 is 41.4 Å². The van der Waals surface area contributed by atoms with Crippen molar-refractivity contribution in [3.8, 4) is 5.75 Å². The van der Waals surface area contributed by atoms with Crippen LogP contribution in [0.2, 0.25) is 0 Å². The van der Waals surface area contributed by atoms with Crippen LogP contribution in [0.15, 0.2) is 24.4 Å². The number of carbonyl (C=O) groups is 2. The fourth-order valence-electron chi connectivity index (χ4n) is 11.2. The number of aromatic nitrogens is 2. The van der Waals surface area contributed by atoms with Gasteiger partial charge in [0.25, 0.3) is 11.8 Å². The van der Waals surface area contributed by atoms with Crippen LogP contribution in [0.5, 0.6) is 5.75 Å². The quantitative estimate of drug-likeness (QED) is 0.394. The van der Waals surface area contributed by atoms with Crippen LogP contribution in [0.1, 0.15) is 86.3 Å². The van der Waals surface area contributed by atoms with Crippen molar-refractivity contribution in [1.29, 1.82) is 0 Å². The van der Waals surface area contributed by atoms with Crippen LogP contribution in [0.4, 0.5) is 20.4 Å². The SMILES string of the molecule is CC(F)(F)c1nc(N2CC3(CCOCC3)c3cc(OC4CCN(C5CS(=O)(=O)C5)CC4)ccc32)ncc1C(=O)NC1(C(=O)O)C2CC3CC(C2)CC1C3. The number of carboxylic acids is 1. The molecular formula is C38H47F2N5O7S. The predicted molar refractivity (Wildman–Crippen MR) is 189 cm³/mol. The van der Waals surface area contributed by atoms with E-state index in [1.165, 1.54) is 0 Å². The Morgan fingerprint density at radius 2 is 1.70 bits per heavy atom. The van der Waals surface area contributed by atoms with E-state index in [1.807, 2.05) is 23.1 Å². The van der Waals surface area contributed by atoms with Crippen LogP contribution in [-0.2, 0) is 30.7 Å². The highest BCUT2D eigenvalue weighted by atomic mass is 32.2. The molecule has 4 saturated carbocycles.